The van der Waals surface area contributed by atoms with Crippen LogP contribution in [-0.4, -0.2) is 24.8 Å². The number of alkyl carbamates (subject to hydrolysis) is 1. The minimum atomic E-state index is -0.466. The first-order chi connectivity index (χ1) is 9.40. The molecule has 0 aliphatic heterocycles. The monoisotopic (exact) mass is 276 g/mol. The van der Waals surface area contributed by atoms with Crippen LogP contribution in [0.5, 0.6) is 0 Å². The molecule has 20 heavy (non-hydrogen) atoms. The number of ether oxygens (including phenoxy) is 1. The molecule has 0 aliphatic rings. The predicted octanol–water partition coefficient (Wildman–Crippen LogP) is 2.73. The number of nitrogens with two attached hydrogens (primary N) is 1. The molecule has 0 atom stereocenters. The van der Waals surface area contributed by atoms with Crippen LogP contribution in [0.3, 0.4) is 0 Å². The third-order valence-corrected chi connectivity index (χ3v) is 2.49. The van der Waals surface area contributed by atoms with Crippen LogP contribution in [0.15, 0.2) is 30.3 Å². The number of nitrogens with one attached hydrogen (secondary N) is 1. The van der Waals surface area contributed by atoms with Gasteiger partial charge in [-0.05, 0) is 44.9 Å². The van der Waals surface area contributed by atoms with Gasteiger partial charge in [0.25, 0.3) is 0 Å². The lowest BCUT2D eigenvalue weighted by Gasteiger charge is -2.19. The van der Waals surface area contributed by atoms with E-state index < -0.39 is 11.7 Å². The molecule has 0 saturated carbocycles. The number of rotatable bonds is 5. The first-order valence-electron chi connectivity index (χ1n) is 6.83. The van der Waals surface area contributed by atoms with Crippen molar-refractivity contribution in [2.24, 2.45) is 5.73 Å². The molecule has 4 heteroatoms. The first-order valence-corrected chi connectivity index (χ1v) is 6.83. The van der Waals surface area contributed by atoms with Crippen molar-refractivity contribution in [3.8, 4) is 0 Å². The highest BCUT2D eigenvalue weighted by molar-refractivity contribution is 5.68. The van der Waals surface area contributed by atoms with Gasteiger partial charge in [-0.3, -0.25) is 0 Å². The van der Waals surface area contributed by atoms with Crippen LogP contribution < -0.4 is 11.1 Å². The molecule has 1 aromatic rings. The Morgan fingerprint density at radius 3 is 2.50 bits per heavy atom. The summed E-state index contributed by atoms with van der Waals surface area (Å²) < 4.78 is 5.14. The van der Waals surface area contributed by atoms with E-state index >= 15 is 0 Å². The van der Waals surface area contributed by atoms with Gasteiger partial charge in [0.2, 0.25) is 0 Å². The average molecular weight is 276 g/mol. The van der Waals surface area contributed by atoms with Gasteiger partial charge in [-0.1, -0.05) is 36.4 Å². The molecule has 0 radical (unpaired) electrons. The molecule has 0 saturated heterocycles. The van der Waals surface area contributed by atoms with E-state index in [1.165, 1.54) is 5.56 Å². The second-order valence-corrected chi connectivity index (χ2v) is 5.57. The highest BCUT2D eigenvalue weighted by Gasteiger charge is 2.14. The molecule has 0 bridgehead atoms. The Balaban J connectivity index is 2.36. The van der Waals surface area contributed by atoms with Gasteiger partial charge in [-0.2, -0.15) is 0 Å². The summed E-state index contributed by atoms with van der Waals surface area (Å²) in [5.74, 6) is 0. The molecule has 3 N–H and O–H groups in total. The zero-order valence-corrected chi connectivity index (χ0v) is 12.5. The zero-order valence-electron chi connectivity index (χ0n) is 12.5. The Kier molecular flexibility index (Phi) is 6.25. The number of carbonyl (C=O) groups excluding carboxylic acids is 1. The van der Waals surface area contributed by atoms with Crippen molar-refractivity contribution < 1.29 is 9.53 Å². The lowest BCUT2D eigenvalue weighted by atomic mass is 10.1. The fourth-order valence-corrected chi connectivity index (χ4v) is 1.61. The Labute approximate surface area is 121 Å². The van der Waals surface area contributed by atoms with Gasteiger partial charge in [0.1, 0.15) is 5.60 Å². The van der Waals surface area contributed by atoms with E-state index in [0.29, 0.717) is 13.1 Å². The van der Waals surface area contributed by atoms with Gasteiger partial charge in [-0.15, -0.1) is 0 Å². The standard InChI is InChI=1S/C16H24N2O2/c1-16(2,3)20-15(19)18-12-4-5-13-6-8-14(9-7-13)10-11-17/h4-9H,10-12,17H2,1-3H3,(H,18,19). The summed E-state index contributed by atoms with van der Waals surface area (Å²) in [4.78, 5) is 11.4. The third-order valence-electron chi connectivity index (χ3n) is 2.49. The van der Waals surface area contributed by atoms with Crippen LogP contribution in [0.25, 0.3) is 6.08 Å². The highest BCUT2D eigenvalue weighted by atomic mass is 16.6. The third kappa shape index (κ3) is 6.95. The molecule has 0 spiro atoms. The van der Waals surface area contributed by atoms with Gasteiger partial charge in [0.15, 0.2) is 0 Å². The number of hydrogen-bond donors (Lipinski definition) is 2. The fourth-order valence-electron chi connectivity index (χ4n) is 1.61. The van der Waals surface area contributed by atoms with Crippen LogP contribution in [0.2, 0.25) is 0 Å². The van der Waals surface area contributed by atoms with Gasteiger partial charge in [0, 0.05) is 6.54 Å². The van der Waals surface area contributed by atoms with Crippen molar-refractivity contribution in [1.82, 2.24) is 5.32 Å². The molecular formula is C16H24N2O2. The Bertz CT molecular complexity index is 445. The van der Waals surface area contributed by atoms with E-state index in [2.05, 4.69) is 17.4 Å². The molecule has 110 valence electrons. The lowest BCUT2D eigenvalue weighted by Crippen LogP contribution is -2.32. The summed E-state index contributed by atoms with van der Waals surface area (Å²) in [6, 6.07) is 8.20. The fraction of sp³-hybridized carbons (Fsp3) is 0.438. The normalized spacial score (nSPS) is 11.6. The van der Waals surface area contributed by atoms with E-state index in [-0.39, 0.29) is 0 Å². The topological polar surface area (TPSA) is 64.3 Å². The van der Waals surface area contributed by atoms with Crippen molar-refractivity contribution >= 4 is 12.2 Å². The molecule has 1 aromatic carbocycles. The second-order valence-electron chi connectivity index (χ2n) is 5.57. The molecular weight excluding hydrogens is 252 g/mol. The van der Waals surface area contributed by atoms with Crippen LogP contribution in [0, 0.1) is 0 Å². The summed E-state index contributed by atoms with van der Waals surface area (Å²) in [5, 5.41) is 2.68. The smallest absolute Gasteiger partial charge is 0.407 e. The lowest BCUT2D eigenvalue weighted by molar-refractivity contribution is 0.0534. The van der Waals surface area contributed by atoms with Crippen LogP contribution in [0.4, 0.5) is 4.79 Å². The molecule has 0 fully saturated rings. The van der Waals surface area contributed by atoms with Crippen LogP contribution in [-0.2, 0) is 11.2 Å². The maximum absolute atomic E-state index is 11.4. The van der Waals surface area contributed by atoms with Gasteiger partial charge >= 0.3 is 6.09 Å². The predicted molar refractivity (Wildman–Crippen MR) is 82.5 cm³/mol. The maximum Gasteiger partial charge on any atom is 0.407 e. The molecule has 0 aromatic heterocycles. The highest BCUT2D eigenvalue weighted by Crippen LogP contribution is 2.07. The number of amides is 1. The minimum absolute atomic E-state index is 0.402. The van der Waals surface area contributed by atoms with E-state index in [9.17, 15) is 4.79 Å². The molecule has 0 unspecified atom stereocenters. The molecule has 1 rings (SSSR count). The van der Waals surface area contributed by atoms with E-state index in [0.717, 1.165) is 12.0 Å². The van der Waals surface area contributed by atoms with E-state index in [1.807, 2.05) is 45.1 Å². The molecule has 1 amide bonds. The maximum atomic E-state index is 11.4. The van der Waals surface area contributed by atoms with Crippen LogP contribution >= 0.6 is 0 Å². The summed E-state index contributed by atoms with van der Waals surface area (Å²) >= 11 is 0. The SMILES string of the molecule is CC(C)(C)OC(=O)NCC=Cc1ccc(CCN)cc1. The van der Waals surface area contributed by atoms with E-state index in [1.54, 1.807) is 0 Å². The van der Waals surface area contributed by atoms with Gasteiger partial charge in [0.05, 0.1) is 0 Å². The number of carbonyl (C=O) groups is 1. The van der Waals surface area contributed by atoms with E-state index in [4.69, 9.17) is 10.5 Å². The second kappa shape index (κ2) is 7.70. The summed E-state index contributed by atoms with van der Waals surface area (Å²) in [6.45, 7) is 6.62. The minimum Gasteiger partial charge on any atom is -0.444 e. The first kappa shape index (κ1) is 16.2. The number of benzene rings is 1. The summed E-state index contributed by atoms with van der Waals surface area (Å²) in [5.41, 5.74) is 7.36. The molecule has 0 aliphatic carbocycles. The zero-order chi connectivity index (χ0) is 15.0. The Morgan fingerprint density at radius 1 is 1.30 bits per heavy atom. The number of hydrogen-bond acceptors (Lipinski definition) is 3. The summed E-state index contributed by atoms with van der Waals surface area (Å²) in [7, 11) is 0. The van der Waals surface area contributed by atoms with Crippen molar-refractivity contribution in [3.05, 3.63) is 41.5 Å². The van der Waals surface area contributed by atoms with Crippen molar-refractivity contribution in [2.45, 2.75) is 32.8 Å². The van der Waals surface area contributed by atoms with Gasteiger partial charge in [-0.25, -0.2) is 4.79 Å². The Morgan fingerprint density at radius 2 is 1.95 bits per heavy atom. The van der Waals surface area contributed by atoms with Crippen molar-refractivity contribution in [1.29, 1.82) is 0 Å². The molecule has 4 nitrogen and oxygen atoms in total. The van der Waals surface area contributed by atoms with Crippen molar-refractivity contribution in [3.63, 3.8) is 0 Å². The van der Waals surface area contributed by atoms with Gasteiger partial charge < -0.3 is 15.8 Å². The summed E-state index contributed by atoms with van der Waals surface area (Å²) in [6.07, 6.45) is 4.34. The Hall–Kier alpha value is -1.81. The van der Waals surface area contributed by atoms with Crippen LogP contribution in [0.1, 0.15) is 31.9 Å². The average Bonchev–Trinajstić information content (AvgIpc) is 2.35. The quantitative estimate of drug-likeness (QED) is 0.869. The molecule has 0 heterocycles. The largest absolute Gasteiger partial charge is 0.444 e. The van der Waals surface area contributed by atoms with Crippen molar-refractivity contribution in [2.75, 3.05) is 13.1 Å².